The molecule has 0 N–H and O–H groups in total. The van der Waals surface area contributed by atoms with Crippen LogP contribution in [0.2, 0.25) is 0 Å². The molecule has 192 valence electrons. The molecular weight excluding hydrogens is 464 g/mol. The van der Waals surface area contributed by atoms with E-state index in [-0.39, 0.29) is 35.9 Å². The average Bonchev–Trinajstić information content (AvgIpc) is 2.92. The van der Waals surface area contributed by atoms with E-state index in [1.165, 1.54) is 0 Å². The number of anilines is 1. The number of benzene rings is 2. The molecule has 7 heteroatoms. The molecule has 1 aliphatic rings. The lowest BCUT2D eigenvalue weighted by Crippen LogP contribution is -2.42. The van der Waals surface area contributed by atoms with Crippen molar-refractivity contribution in [3.8, 4) is 11.1 Å². The van der Waals surface area contributed by atoms with E-state index in [1.807, 2.05) is 56.3 Å². The SMILES string of the molecule is CC(=O)N1CCC(C(=O)N(C)c2cc(C(=O)CC(C)c3cnccn3)cc(-c3ccc(C)cc3)c2)CC1. The first kappa shape index (κ1) is 26.2. The predicted octanol–water partition coefficient (Wildman–Crippen LogP) is 5.05. The molecule has 1 atom stereocenters. The Kier molecular flexibility index (Phi) is 8.11. The summed E-state index contributed by atoms with van der Waals surface area (Å²) in [6.07, 6.45) is 6.51. The fourth-order valence-electron chi connectivity index (χ4n) is 4.79. The molecule has 1 fully saturated rings. The van der Waals surface area contributed by atoms with Crippen LogP contribution in [-0.2, 0) is 9.59 Å². The largest absolute Gasteiger partial charge is 0.343 e. The summed E-state index contributed by atoms with van der Waals surface area (Å²) in [4.78, 5) is 50.5. The number of carbonyl (C=O) groups excluding carboxylic acids is 3. The Morgan fingerprint density at radius 1 is 1.03 bits per heavy atom. The van der Waals surface area contributed by atoms with Gasteiger partial charge in [-0.1, -0.05) is 36.8 Å². The molecule has 0 bridgehead atoms. The van der Waals surface area contributed by atoms with Crippen molar-refractivity contribution in [3.63, 3.8) is 0 Å². The lowest BCUT2D eigenvalue weighted by molar-refractivity contribution is -0.133. The minimum absolute atomic E-state index is 0.00980. The smallest absolute Gasteiger partial charge is 0.229 e. The molecule has 3 aromatic rings. The Morgan fingerprint density at radius 3 is 2.35 bits per heavy atom. The maximum Gasteiger partial charge on any atom is 0.229 e. The van der Waals surface area contributed by atoms with Gasteiger partial charge < -0.3 is 9.80 Å². The quantitative estimate of drug-likeness (QED) is 0.426. The molecule has 37 heavy (non-hydrogen) atoms. The molecule has 7 nitrogen and oxygen atoms in total. The van der Waals surface area contributed by atoms with Gasteiger partial charge in [0.15, 0.2) is 5.78 Å². The first-order valence-corrected chi connectivity index (χ1v) is 12.8. The van der Waals surface area contributed by atoms with Crippen LogP contribution in [0.4, 0.5) is 5.69 Å². The maximum absolute atomic E-state index is 13.4. The molecular formula is C30H34N4O3. The molecule has 1 unspecified atom stereocenters. The summed E-state index contributed by atoms with van der Waals surface area (Å²) in [6, 6.07) is 13.8. The Bertz CT molecular complexity index is 1270. The predicted molar refractivity (Wildman–Crippen MR) is 144 cm³/mol. The number of hydrogen-bond acceptors (Lipinski definition) is 5. The number of carbonyl (C=O) groups is 3. The Morgan fingerprint density at radius 2 is 1.73 bits per heavy atom. The fraction of sp³-hybridized carbons (Fsp3) is 0.367. The Hall–Kier alpha value is -3.87. The summed E-state index contributed by atoms with van der Waals surface area (Å²) in [5.74, 6) is -0.193. The van der Waals surface area contributed by atoms with Crippen molar-refractivity contribution in [2.45, 2.75) is 46.0 Å². The van der Waals surface area contributed by atoms with Crippen LogP contribution in [0.1, 0.15) is 60.6 Å². The lowest BCUT2D eigenvalue weighted by Gasteiger charge is -2.32. The third kappa shape index (κ3) is 6.28. The monoisotopic (exact) mass is 498 g/mol. The lowest BCUT2D eigenvalue weighted by atomic mass is 9.93. The highest BCUT2D eigenvalue weighted by atomic mass is 16.2. The molecule has 1 aliphatic heterocycles. The first-order chi connectivity index (χ1) is 17.7. The summed E-state index contributed by atoms with van der Waals surface area (Å²) >= 11 is 0. The van der Waals surface area contributed by atoms with Gasteiger partial charge in [-0.2, -0.15) is 0 Å². The highest BCUT2D eigenvalue weighted by Gasteiger charge is 2.29. The van der Waals surface area contributed by atoms with E-state index in [2.05, 4.69) is 9.97 Å². The number of piperidine rings is 1. The molecule has 2 amide bonds. The molecule has 2 heterocycles. The maximum atomic E-state index is 13.4. The highest BCUT2D eigenvalue weighted by molar-refractivity contribution is 6.01. The fourth-order valence-corrected chi connectivity index (χ4v) is 4.79. The number of nitrogens with zero attached hydrogens (tertiary/aromatic N) is 4. The van der Waals surface area contributed by atoms with Gasteiger partial charge in [0, 0.05) is 75.2 Å². The molecule has 1 aromatic heterocycles. The number of amides is 2. The van der Waals surface area contributed by atoms with E-state index in [0.29, 0.717) is 37.2 Å². The minimum atomic E-state index is -0.153. The van der Waals surface area contributed by atoms with Crippen molar-refractivity contribution in [2.75, 3.05) is 25.0 Å². The van der Waals surface area contributed by atoms with Crippen molar-refractivity contribution < 1.29 is 14.4 Å². The number of likely N-dealkylation sites (tertiary alicyclic amines) is 1. The van der Waals surface area contributed by atoms with Crippen LogP contribution in [0.25, 0.3) is 11.1 Å². The van der Waals surface area contributed by atoms with Gasteiger partial charge in [-0.15, -0.1) is 0 Å². The number of aryl methyl sites for hydroxylation is 1. The number of rotatable bonds is 7. The summed E-state index contributed by atoms with van der Waals surface area (Å²) < 4.78 is 0. The Balaban J connectivity index is 1.61. The van der Waals surface area contributed by atoms with Gasteiger partial charge in [-0.3, -0.25) is 24.4 Å². The Labute approximate surface area is 218 Å². The molecule has 0 spiro atoms. The van der Waals surface area contributed by atoms with Crippen LogP contribution >= 0.6 is 0 Å². The number of Topliss-reactive ketones (excluding diaryl/α,β-unsaturated/α-hetero) is 1. The van der Waals surface area contributed by atoms with Crippen LogP contribution in [-0.4, -0.2) is 52.6 Å². The zero-order valence-electron chi connectivity index (χ0n) is 22.0. The topological polar surface area (TPSA) is 83.5 Å². The van der Waals surface area contributed by atoms with Crippen molar-refractivity contribution >= 4 is 23.3 Å². The van der Waals surface area contributed by atoms with Crippen molar-refractivity contribution in [3.05, 3.63) is 77.9 Å². The zero-order chi connectivity index (χ0) is 26.5. The summed E-state index contributed by atoms with van der Waals surface area (Å²) in [7, 11) is 1.77. The molecule has 0 saturated carbocycles. The van der Waals surface area contributed by atoms with Crippen molar-refractivity contribution in [2.24, 2.45) is 5.92 Å². The molecule has 0 radical (unpaired) electrons. The minimum Gasteiger partial charge on any atom is -0.343 e. The third-order valence-electron chi connectivity index (χ3n) is 7.21. The van der Waals surface area contributed by atoms with Crippen molar-refractivity contribution in [1.29, 1.82) is 0 Å². The standard InChI is InChI=1S/C30H34N4O3/c1-20-5-7-23(8-6-20)25-16-26(29(36)15-21(2)28-19-31-11-12-32-28)18-27(17-25)33(4)30(37)24-9-13-34(14-10-24)22(3)35/h5-8,11-12,16-19,21,24H,9-10,13-15H2,1-4H3. The normalized spacial score (nSPS) is 14.8. The molecule has 0 aliphatic carbocycles. The van der Waals surface area contributed by atoms with Gasteiger partial charge in [-0.25, -0.2) is 0 Å². The second-order valence-electron chi connectivity index (χ2n) is 9.97. The van der Waals surface area contributed by atoms with Gasteiger partial charge in [0.1, 0.15) is 0 Å². The van der Waals surface area contributed by atoms with Crippen LogP contribution in [0, 0.1) is 12.8 Å². The van der Waals surface area contributed by atoms with E-state index in [0.717, 1.165) is 22.4 Å². The number of hydrogen-bond donors (Lipinski definition) is 0. The van der Waals surface area contributed by atoms with Gasteiger partial charge in [-0.05, 0) is 49.1 Å². The van der Waals surface area contributed by atoms with Crippen molar-refractivity contribution in [1.82, 2.24) is 14.9 Å². The van der Waals surface area contributed by atoms with Gasteiger partial charge in [0.2, 0.25) is 11.8 Å². The third-order valence-corrected chi connectivity index (χ3v) is 7.21. The molecule has 1 saturated heterocycles. The number of aromatic nitrogens is 2. The van der Waals surface area contributed by atoms with Gasteiger partial charge >= 0.3 is 0 Å². The van der Waals surface area contributed by atoms with Gasteiger partial charge in [0.25, 0.3) is 0 Å². The van der Waals surface area contributed by atoms with E-state index in [4.69, 9.17) is 0 Å². The molecule has 2 aromatic carbocycles. The van der Waals surface area contributed by atoms with E-state index >= 15 is 0 Å². The summed E-state index contributed by atoms with van der Waals surface area (Å²) in [5, 5.41) is 0. The van der Waals surface area contributed by atoms with Crippen LogP contribution in [0.3, 0.4) is 0 Å². The highest BCUT2D eigenvalue weighted by Crippen LogP contribution is 2.31. The van der Waals surface area contributed by atoms with Crippen LogP contribution in [0.5, 0.6) is 0 Å². The second-order valence-corrected chi connectivity index (χ2v) is 9.97. The summed E-state index contributed by atoms with van der Waals surface area (Å²) in [6.45, 7) is 6.75. The van der Waals surface area contributed by atoms with Crippen LogP contribution < -0.4 is 4.90 Å². The van der Waals surface area contributed by atoms with Crippen LogP contribution in [0.15, 0.2) is 61.1 Å². The van der Waals surface area contributed by atoms with E-state index in [1.54, 1.807) is 42.4 Å². The zero-order valence-corrected chi connectivity index (χ0v) is 22.0. The molecule has 4 rings (SSSR count). The van der Waals surface area contributed by atoms with E-state index in [9.17, 15) is 14.4 Å². The van der Waals surface area contributed by atoms with E-state index < -0.39 is 0 Å². The first-order valence-electron chi connectivity index (χ1n) is 12.8. The second kappa shape index (κ2) is 11.5. The number of ketones is 1. The van der Waals surface area contributed by atoms with Gasteiger partial charge in [0.05, 0.1) is 5.69 Å². The summed E-state index contributed by atoms with van der Waals surface area (Å²) in [5.41, 5.74) is 5.05. The average molecular weight is 499 g/mol.